The second-order valence-corrected chi connectivity index (χ2v) is 8.77. The minimum atomic E-state index is -0.293. The summed E-state index contributed by atoms with van der Waals surface area (Å²) in [4.78, 5) is 11.0. The van der Waals surface area contributed by atoms with Crippen LogP contribution < -0.4 is 10.2 Å². The number of nitrogens with one attached hydrogen (secondary N) is 1. The van der Waals surface area contributed by atoms with E-state index >= 15 is 0 Å². The fraction of sp³-hybridized carbons (Fsp3) is 0.789. The van der Waals surface area contributed by atoms with Crippen LogP contribution in [0.5, 0.6) is 0 Å². The average Bonchev–Trinajstić information content (AvgIpc) is 2.52. The van der Waals surface area contributed by atoms with Gasteiger partial charge in [0.25, 0.3) is 0 Å². The van der Waals surface area contributed by atoms with Gasteiger partial charge >= 0.3 is 0 Å². The summed E-state index contributed by atoms with van der Waals surface area (Å²) in [5.41, 5.74) is 1.21. The number of aliphatic hydroxyl groups excluding tert-OH is 1. The average molecular weight is 330 g/mol. The van der Waals surface area contributed by atoms with Crippen molar-refractivity contribution >= 4 is 11.8 Å². The lowest BCUT2D eigenvalue weighted by Crippen LogP contribution is -2.53. The molecule has 4 fully saturated rings. The zero-order valence-electron chi connectivity index (χ0n) is 15.1. The van der Waals surface area contributed by atoms with E-state index in [-0.39, 0.29) is 11.5 Å². The van der Waals surface area contributed by atoms with Crippen molar-refractivity contribution in [2.75, 3.05) is 30.9 Å². The van der Waals surface area contributed by atoms with Crippen LogP contribution in [0.15, 0.2) is 6.20 Å². The maximum atomic E-state index is 11.0. The molecule has 0 aromatic carbocycles. The fourth-order valence-electron chi connectivity index (χ4n) is 5.96. The normalized spacial score (nSPS) is 35.1. The van der Waals surface area contributed by atoms with Crippen molar-refractivity contribution in [1.82, 2.24) is 9.97 Å². The minimum absolute atomic E-state index is 0.150. The van der Waals surface area contributed by atoms with Crippen LogP contribution in [0.25, 0.3) is 0 Å². The number of aliphatic hydroxyl groups is 1. The standard InChI is InChI=1S/C19H30N4O/c1-12-10-20-18(22-17(12)23(2)3)21-11-16(24)19-7-13-4-14(8-19)6-15(5-13)9-19/h10,13-16,24H,4-9,11H2,1-3H3,(H,20,21,22). The van der Waals surface area contributed by atoms with Gasteiger partial charge < -0.3 is 15.3 Å². The van der Waals surface area contributed by atoms with Crippen molar-refractivity contribution in [1.29, 1.82) is 0 Å². The number of aromatic nitrogens is 2. The second-order valence-electron chi connectivity index (χ2n) is 8.77. The molecule has 4 aliphatic carbocycles. The molecule has 4 saturated carbocycles. The molecule has 2 N–H and O–H groups in total. The Morgan fingerprint density at radius 3 is 2.33 bits per heavy atom. The molecule has 5 heteroatoms. The molecule has 1 heterocycles. The molecule has 1 aromatic rings. The summed E-state index contributed by atoms with van der Waals surface area (Å²) >= 11 is 0. The van der Waals surface area contributed by atoms with E-state index in [1.165, 1.54) is 38.5 Å². The maximum Gasteiger partial charge on any atom is 0.224 e. The number of anilines is 2. The maximum absolute atomic E-state index is 11.0. The third-order valence-corrected chi connectivity index (χ3v) is 6.61. The molecular formula is C19H30N4O. The van der Waals surface area contributed by atoms with Crippen LogP contribution >= 0.6 is 0 Å². The number of hydrogen-bond acceptors (Lipinski definition) is 5. The van der Waals surface area contributed by atoms with E-state index in [4.69, 9.17) is 0 Å². The van der Waals surface area contributed by atoms with Crippen molar-refractivity contribution in [2.24, 2.45) is 23.2 Å². The van der Waals surface area contributed by atoms with Gasteiger partial charge in [0.15, 0.2) is 0 Å². The predicted molar refractivity (Wildman–Crippen MR) is 96.2 cm³/mol. The Morgan fingerprint density at radius 2 is 1.79 bits per heavy atom. The van der Waals surface area contributed by atoms with Crippen molar-refractivity contribution in [3.63, 3.8) is 0 Å². The first-order chi connectivity index (χ1) is 11.4. The molecule has 1 atom stereocenters. The lowest BCUT2D eigenvalue weighted by molar-refractivity contribution is -0.115. The Hall–Kier alpha value is -1.36. The molecule has 0 saturated heterocycles. The van der Waals surface area contributed by atoms with Crippen molar-refractivity contribution in [3.8, 4) is 0 Å². The number of rotatable bonds is 5. The summed E-state index contributed by atoms with van der Waals surface area (Å²) in [6.45, 7) is 2.57. The molecule has 1 aromatic heterocycles. The molecular weight excluding hydrogens is 300 g/mol. The van der Waals surface area contributed by atoms with Crippen LogP contribution in [0.3, 0.4) is 0 Å². The minimum Gasteiger partial charge on any atom is -0.391 e. The topological polar surface area (TPSA) is 61.3 Å². The zero-order chi connectivity index (χ0) is 16.9. The van der Waals surface area contributed by atoms with Crippen molar-refractivity contribution in [2.45, 2.75) is 51.6 Å². The van der Waals surface area contributed by atoms with Crippen LogP contribution in [-0.2, 0) is 0 Å². The molecule has 24 heavy (non-hydrogen) atoms. The lowest BCUT2D eigenvalue weighted by atomic mass is 9.48. The van der Waals surface area contributed by atoms with E-state index in [9.17, 15) is 5.11 Å². The molecule has 0 radical (unpaired) electrons. The van der Waals surface area contributed by atoms with Gasteiger partial charge in [0, 0.05) is 32.4 Å². The van der Waals surface area contributed by atoms with Gasteiger partial charge in [0.2, 0.25) is 5.95 Å². The molecule has 5 rings (SSSR count). The molecule has 5 nitrogen and oxygen atoms in total. The smallest absolute Gasteiger partial charge is 0.224 e. The SMILES string of the molecule is Cc1cnc(NCC(O)C23CC4CC(CC(C4)C2)C3)nc1N(C)C. The Balaban J connectivity index is 1.44. The van der Waals surface area contributed by atoms with Crippen LogP contribution in [0.2, 0.25) is 0 Å². The highest BCUT2D eigenvalue weighted by molar-refractivity contribution is 5.47. The largest absolute Gasteiger partial charge is 0.391 e. The first kappa shape index (κ1) is 16.1. The summed E-state index contributed by atoms with van der Waals surface area (Å²) in [6, 6.07) is 0. The molecule has 1 unspecified atom stereocenters. The Morgan fingerprint density at radius 1 is 1.21 bits per heavy atom. The number of hydrogen-bond donors (Lipinski definition) is 2. The third-order valence-electron chi connectivity index (χ3n) is 6.61. The molecule has 0 spiro atoms. The van der Waals surface area contributed by atoms with Gasteiger partial charge in [-0.25, -0.2) is 4.98 Å². The van der Waals surface area contributed by atoms with Gasteiger partial charge in [-0.1, -0.05) is 0 Å². The Kier molecular flexibility index (Phi) is 3.94. The van der Waals surface area contributed by atoms with Gasteiger partial charge in [-0.3, -0.25) is 0 Å². The van der Waals surface area contributed by atoms with Crippen molar-refractivity contribution in [3.05, 3.63) is 11.8 Å². The van der Waals surface area contributed by atoms with E-state index in [0.717, 1.165) is 29.1 Å². The number of nitrogens with zero attached hydrogens (tertiary/aromatic N) is 3. The Labute approximate surface area is 144 Å². The summed E-state index contributed by atoms with van der Waals surface area (Å²) < 4.78 is 0. The van der Waals surface area contributed by atoms with E-state index in [1.807, 2.05) is 32.1 Å². The molecule has 0 aliphatic heterocycles. The van der Waals surface area contributed by atoms with E-state index in [2.05, 4.69) is 15.3 Å². The first-order valence-electron chi connectivity index (χ1n) is 9.38. The monoisotopic (exact) mass is 330 g/mol. The van der Waals surface area contributed by atoms with Crippen LogP contribution in [0, 0.1) is 30.1 Å². The van der Waals surface area contributed by atoms with E-state index < -0.39 is 0 Å². The molecule has 0 amide bonds. The first-order valence-corrected chi connectivity index (χ1v) is 9.38. The van der Waals surface area contributed by atoms with Gasteiger partial charge in [0.05, 0.1) is 6.10 Å². The Bertz CT molecular complexity index is 580. The molecule has 4 aliphatic rings. The fourth-order valence-corrected chi connectivity index (χ4v) is 5.96. The van der Waals surface area contributed by atoms with Gasteiger partial charge in [-0.05, 0) is 68.6 Å². The van der Waals surface area contributed by atoms with Crippen LogP contribution in [0.4, 0.5) is 11.8 Å². The highest BCUT2D eigenvalue weighted by atomic mass is 16.3. The van der Waals surface area contributed by atoms with Crippen molar-refractivity contribution < 1.29 is 5.11 Å². The quantitative estimate of drug-likeness (QED) is 0.869. The predicted octanol–water partition coefficient (Wildman–Crippen LogP) is 2.84. The van der Waals surface area contributed by atoms with Crippen LogP contribution in [-0.4, -0.2) is 41.8 Å². The van der Waals surface area contributed by atoms with E-state index in [1.54, 1.807) is 0 Å². The van der Waals surface area contributed by atoms with E-state index in [0.29, 0.717) is 12.5 Å². The zero-order valence-corrected chi connectivity index (χ0v) is 15.1. The second kappa shape index (κ2) is 5.87. The lowest BCUT2D eigenvalue weighted by Gasteiger charge is -2.58. The summed E-state index contributed by atoms with van der Waals surface area (Å²) in [7, 11) is 3.98. The van der Waals surface area contributed by atoms with Gasteiger partial charge in [-0.15, -0.1) is 0 Å². The highest BCUT2D eigenvalue weighted by Crippen LogP contribution is 2.61. The molecule has 4 bridgehead atoms. The summed E-state index contributed by atoms with van der Waals surface area (Å²) in [6.07, 6.45) is 9.45. The third kappa shape index (κ3) is 2.77. The number of aryl methyl sites for hydroxylation is 1. The summed E-state index contributed by atoms with van der Waals surface area (Å²) in [5, 5.41) is 14.3. The van der Waals surface area contributed by atoms with Gasteiger partial charge in [-0.2, -0.15) is 4.98 Å². The highest BCUT2D eigenvalue weighted by Gasteiger charge is 2.53. The van der Waals surface area contributed by atoms with Crippen LogP contribution in [0.1, 0.15) is 44.1 Å². The van der Waals surface area contributed by atoms with Gasteiger partial charge in [0.1, 0.15) is 5.82 Å². The molecule has 132 valence electrons. The summed E-state index contributed by atoms with van der Waals surface area (Å²) in [5.74, 6) is 4.13.